The fourth-order valence-corrected chi connectivity index (χ4v) is 5.18. The van der Waals surface area contributed by atoms with Crippen LogP contribution in [0.1, 0.15) is 19.4 Å². The molecule has 2 aromatic carbocycles. The summed E-state index contributed by atoms with van der Waals surface area (Å²) in [6, 6.07) is 7.48. The lowest BCUT2D eigenvalue weighted by Gasteiger charge is -2.40. The molecule has 0 aromatic heterocycles. The van der Waals surface area contributed by atoms with Crippen molar-refractivity contribution in [3.63, 3.8) is 0 Å². The average molecular weight is 373 g/mol. The van der Waals surface area contributed by atoms with E-state index in [0.717, 1.165) is 12.1 Å². The van der Waals surface area contributed by atoms with E-state index in [1.165, 1.54) is 31.2 Å². The molecule has 1 heterocycles. The molecule has 2 aromatic rings. The second-order valence-corrected chi connectivity index (χ2v) is 8.77. The van der Waals surface area contributed by atoms with Gasteiger partial charge in [-0.25, -0.2) is 17.2 Å². The Bertz CT molecular complexity index is 897. The molecule has 2 atom stereocenters. The largest absolute Gasteiger partial charge is 0.490 e. The SMILES string of the molecule is C[C@H]1COc2c(F)ccc(F)c2[C@@]1(C)S(=O)(=O)c1ccc(Cl)cc1. The summed E-state index contributed by atoms with van der Waals surface area (Å²) in [5.74, 6) is -2.51. The Labute approximate surface area is 144 Å². The number of hydrogen-bond donors (Lipinski definition) is 0. The van der Waals surface area contributed by atoms with Crippen LogP contribution in [-0.2, 0) is 14.6 Å². The summed E-state index contributed by atoms with van der Waals surface area (Å²) in [5, 5.41) is 0.386. The van der Waals surface area contributed by atoms with Gasteiger partial charge in [0.25, 0.3) is 0 Å². The highest BCUT2D eigenvalue weighted by atomic mass is 35.5. The summed E-state index contributed by atoms with van der Waals surface area (Å²) in [7, 11) is -4.03. The minimum atomic E-state index is -4.03. The quantitative estimate of drug-likeness (QED) is 0.787. The van der Waals surface area contributed by atoms with Gasteiger partial charge in [-0.05, 0) is 43.3 Å². The van der Waals surface area contributed by atoms with Gasteiger partial charge in [0.15, 0.2) is 21.4 Å². The third kappa shape index (κ3) is 2.31. The molecule has 3 nitrogen and oxygen atoms in total. The molecule has 24 heavy (non-hydrogen) atoms. The lowest BCUT2D eigenvalue weighted by atomic mass is 9.85. The minimum absolute atomic E-state index is 0.00207. The van der Waals surface area contributed by atoms with Gasteiger partial charge in [0, 0.05) is 10.9 Å². The molecule has 7 heteroatoms. The maximum absolute atomic E-state index is 14.5. The first kappa shape index (κ1) is 17.2. The molecule has 0 aliphatic carbocycles. The van der Waals surface area contributed by atoms with Crippen LogP contribution in [0, 0.1) is 17.6 Å². The summed E-state index contributed by atoms with van der Waals surface area (Å²) < 4.78 is 58.7. The van der Waals surface area contributed by atoms with Crippen LogP contribution in [0.4, 0.5) is 8.78 Å². The number of ether oxygens (including phenoxy) is 1. The topological polar surface area (TPSA) is 43.4 Å². The summed E-state index contributed by atoms with van der Waals surface area (Å²) in [6.07, 6.45) is 0. The Morgan fingerprint density at radius 3 is 2.33 bits per heavy atom. The van der Waals surface area contributed by atoms with Crippen molar-refractivity contribution < 1.29 is 21.9 Å². The first-order valence-electron chi connectivity index (χ1n) is 7.31. The van der Waals surface area contributed by atoms with E-state index in [9.17, 15) is 17.2 Å². The highest BCUT2D eigenvalue weighted by Crippen LogP contribution is 2.50. The van der Waals surface area contributed by atoms with E-state index in [1.54, 1.807) is 6.92 Å². The lowest BCUT2D eigenvalue weighted by Crippen LogP contribution is -2.45. The molecule has 1 aliphatic heterocycles. The van der Waals surface area contributed by atoms with Gasteiger partial charge >= 0.3 is 0 Å². The lowest BCUT2D eigenvalue weighted by molar-refractivity contribution is 0.179. The van der Waals surface area contributed by atoms with Crippen molar-refractivity contribution in [2.24, 2.45) is 5.92 Å². The monoisotopic (exact) mass is 372 g/mol. The van der Waals surface area contributed by atoms with E-state index in [1.807, 2.05) is 0 Å². The zero-order valence-corrected chi connectivity index (χ0v) is 14.6. The average Bonchev–Trinajstić information content (AvgIpc) is 2.54. The van der Waals surface area contributed by atoms with Crippen LogP contribution >= 0.6 is 11.6 Å². The van der Waals surface area contributed by atoms with Crippen molar-refractivity contribution in [2.45, 2.75) is 23.5 Å². The van der Waals surface area contributed by atoms with Gasteiger partial charge in [0.1, 0.15) is 10.6 Å². The number of fused-ring (bicyclic) bond motifs is 1. The first-order chi connectivity index (χ1) is 11.2. The van der Waals surface area contributed by atoms with E-state index in [0.29, 0.717) is 5.02 Å². The van der Waals surface area contributed by atoms with Crippen molar-refractivity contribution in [2.75, 3.05) is 6.61 Å². The second kappa shape index (κ2) is 5.70. The van der Waals surface area contributed by atoms with Crippen LogP contribution in [0.3, 0.4) is 0 Å². The fourth-order valence-electron chi connectivity index (χ4n) is 3.01. The zero-order chi connectivity index (χ0) is 17.7. The Hall–Kier alpha value is -1.66. The highest BCUT2D eigenvalue weighted by Gasteiger charge is 2.52. The van der Waals surface area contributed by atoms with Gasteiger partial charge in [-0.2, -0.15) is 0 Å². The Kier molecular flexibility index (Phi) is 4.08. The van der Waals surface area contributed by atoms with E-state index >= 15 is 0 Å². The summed E-state index contributed by atoms with van der Waals surface area (Å²) in [4.78, 5) is -0.00207. The van der Waals surface area contributed by atoms with Crippen LogP contribution in [0.5, 0.6) is 5.75 Å². The Morgan fingerprint density at radius 2 is 1.71 bits per heavy atom. The van der Waals surface area contributed by atoms with Crippen molar-refractivity contribution >= 4 is 21.4 Å². The van der Waals surface area contributed by atoms with Crippen molar-refractivity contribution in [1.29, 1.82) is 0 Å². The Morgan fingerprint density at radius 1 is 1.12 bits per heavy atom. The van der Waals surface area contributed by atoms with Crippen LogP contribution in [0.25, 0.3) is 0 Å². The molecule has 0 unspecified atom stereocenters. The maximum Gasteiger partial charge on any atom is 0.188 e. The molecular weight excluding hydrogens is 358 g/mol. The number of rotatable bonds is 2. The number of benzene rings is 2. The summed E-state index contributed by atoms with van der Waals surface area (Å²) >= 11 is 5.81. The molecule has 3 rings (SSSR count). The van der Waals surface area contributed by atoms with Crippen molar-refractivity contribution in [1.82, 2.24) is 0 Å². The van der Waals surface area contributed by atoms with E-state index in [4.69, 9.17) is 16.3 Å². The van der Waals surface area contributed by atoms with Gasteiger partial charge < -0.3 is 4.74 Å². The molecule has 0 saturated heterocycles. The van der Waals surface area contributed by atoms with E-state index < -0.39 is 32.1 Å². The first-order valence-corrected chi connectivity index (χ1v) is 9.17. The van der Waals surface area contributed by atoms with Crippen molar-refractivity contribution in [3.8, 4) is 5.75 Å². The predicted molar refractivity (Wildman–Crippen MR) is 87.0 cm³/mol. The van der Waals surface area contributed by atoms with Crippen LogP contribution in [-0.4, -0.2) is 15.0 Å². The molecule has 0 bridgehead atoms. The minimum Gasteiger partial charge on any atom is -0.490 e. The van der Waals surface area contributed by atoms with Crippen LogP contribution in [0.2, 0.25) is 5.02 Å². The van der Waals surface area contributed by atoms with E-state index in [-0.39, 0.29) is 22.8 Å². The second-order valence-electron chi connectivity index (χ2n) is 6.01. The zero-order valence-electron chi connectivity index (χ0n) is 13.0. The van der Waals surface area contributed by atoms with Gasteiger partial charge in [-0.15, -0.1) is 0 Å². The number of halogens is 3. The van der Waals surface area contributed by atoms with Gasteiger partial charge in [-0.1, -0.05) is 18.5 Å². The predicted octanol–water partition coefficient (Wildman–Crippen LogP) is 4.34. The van der Waals surface area contributed by atoms with Gasteiger partial charge in [0.05, 0.1) is 17.1 Å². The molecule has 1 aliphatic rings. The van der Waals surface area contributed by atoms with E-state index in [2.05, 4.69) is 0 Å². The van der Waals surface area contributed by atoms with Crippen LogP contribution in [0.15, 0.2) is 41.3 Å². The molecule has 0 N–H and O–H groups in total. The number of hydrogen-bond acceptors (Lipinski definition) is 3. The highest BCUT2D eigenvalue weighted by molar-refractivity contribution is 7.92. The van der Waals surface area contributed by atoms with Gasteiger partial charge in [0.2, 0.25) is 0 Å². The molecule has 0 fully saturated rings. The maximum atomic E-state index is 14.5. The molecule has 128 valence electrons. The Balaban J connectivity index is 2.30. The fraction of sp³-hybridized carbons (Fsp3) is 0.294. The standard InChI is InChI=1S/C17H15ClF2O3S/c1-10-9-23-16-14(20)8-7-13(19)15(16)17(10,2)24(21,22)12-5-3-11(18)4-6-12/h3-8,10H,9H2,1-2H3/t10-,17-/m0/s1. The summed E-state index contributed by atoms with van der Waals surface area (Å²) in [6.45, 7) is 3.02. The van der Waals surface area contributed by atoms with Gasteiger partial charge in [-0.3, -0.25) is 0 Å². The number of sulfone groups is 1. The third-order valence-corrected chi connectivity index (χ3v) is 7.52. The molecular formula is C17H15ClF2O3S. The molecule has 0 radical (unpaired) electrons. The summed E-state index contributed by atoms with van der Waals surface area (Å²) in [5.41, 5.74) is -0.267. The smallest absolute Gasteiger partial charge is 0.188 e. The van der Waals surface area contributed by atoms with Crippen molar-refractivity contribution in [3.05, 3.63) is 58.6 Å². The third-order valence-electron chi connectivity index (χ3n) is 4.66. The normalized spacial score (nSPS) is 23.5. The molecule has 0 saturated carbocycles. The van der Waals surface area contributed by atoms with Crippen LogP contribution < -0.4 is 4.74 Å². The molecule has 0 amide bonds. The molecule has 0 spiro atoms.